The van der Waals surface area contributed by atoms with E-state index in [9.17, 15) is 9.59 Å². The number of ketones is 1. The number of halogens is 1. The number of ether oxygens (including phenoxy) is 2. The van der Waals surface area contributed by atoms with E-state index in [1.54, 1.807) is 12.1 Å². The second kappa shape index (κ2) is 8.36. The van der Waals surface area contributed by atoms with Gasteiger partial charge in [0, 0.05) is 25.8 Å². The number of amides is 1. The third kappa shape index (κ3) is 4.74. The van der Waals surface area contributed by atoms with Crippen LogP contribution >= 0.6 is 22.9 Å². The Hall–Kier alpha value is -2.05. The van der Waals surface area contributed by atoms with Crippen LogP contribution in [0.4, 0.5) is 0 Å². The molecule has 5 nitrogen and oxygen atoms in total. The molecule has 132 valence electrons. The lowest BCUT2D eigenvalue weighted by Gasteiger charge is -2.12. The molecule has 0 atom stereocenters. The van der Waals surface area contributed by atoms with Crippen LogP contribution in [-0.4, -0.2) is 24.9 Å². The summed E-state index contributed by atoms with van der Waals surface area (Å²) in [7, 11) is 0. The monoisotopic (exact) mass is 379 g/mol. The number of thiophene rings is 1. The fourth-order valence-corrected chi connectivity index (χ4v) is 3.44. The fraction of sp³-hybridized carbons (Fsp3) is 0.333. The average molecular weight is 380 g/mol. The molecule has 0 saturated carbocycles. The van der Waals surface area contributed by atoms with Crippen LogP contribution in [0.2, 0.25) is 5.02 Å². The van der Waals surface area contributed by atoms with E-state index in [-0.39, 0.29) is 24.5 Å². The molecule has 3 rings (SSSR count). The summed E-state index contributed by atoms with van der Waals surface area (Å²) < 4.78 is 11.2. The predicted molar refractivity (Wildman–Crippen MR) is 96.8 cm³/mol. The van der Waals surface area contributed by atoms with E-state index in [0.29, 0.717) is 41.2 Å². The van der Waals surface area contributed by atoms with Gasteiger partial charge < -0.3 is 14.8 Å². The highest BCUT2D eigenvalue weighted by molar-refractivity contribution is 7.12. The van der Waals surface area contributed by atoms with Crippen LogP contribution in [0.15, 0.2) is 29.6 Å². The molecule has 1 aromatic heterocycles. The maximum absolute atomic E-state index is 12.0. The van der Waals surface area contributed by atoms with Crippen molar-refractivity contribution in [2.45, 2.75) is 25.8 Å². The maximum Gasteiger partial charge on any atom is 0.220 e. The zero-order valence-electron chi connectivity index (χ0n) is 13.5. The van der Waals surface area contributed by atoms with E-state index in [4.69, 9.17) is 21.1 Å². The minimum absolute atomic E-state index is 0.0104. The summed E-state index contributed by atoms with van der Waals surface area (Å²) in [5, 5.41) is 5.12. The molecule has 2 heterocycles. The highest BCUT2D eigenvalue weighted by Crippen LogP contribution is 2.37. The van der Waals surface area contributed by atoms with Gasteiger partial charge in [-0.3, -0.25) is 9.59 Å². The summed E-state index contributed by atoms with van der Waals surface area (Å²) in [6.45, 7) is 1.47. The number of Topliss-reactive ketones (excluding diaryl/α,β-unsaturated/α-hetero) is 1. The van der Waals surface area contributed by atoms with Gasteiger partial charge >= 0.3 is 0 Å². The second-order valence-corrected chi connectivity index (χ2v) is 6.99. The fourth-order valence-electron chi connectivity index (χ4n) is 2.46. The number of rotatable bonds is 6. The van der Waals surface area contributed by atoms with Crippen molar-refractivity contribution >= 4 is 34.6 Å². The van der Waals surface area contributed by atoms with Crippen LogP contribution in [0.1, 0.15) is 34.5 Å². The van der Waals surface area contributed by atoms with E-state index < -0.39 is 0 Å². The maximum atomic E-state index is 12.0. The largest absolute Gasteiger partial charge is 0.489 e. The quantitative estimate of drug-likeness (QED) is 0.774. The Kier molecular flexibility index (Phi) is 5.94. The zero-order valence-corrected chi connectivity index (χ0v) is 15.1. The minimum Gasteiger partial charge on any atom is -0.489 e. The van der Waals surface area contributed by atoms with Crippen LogP contribution in [0.3, 0.4) is 0 Å². The van der Waals surface area contributed by atoms with Gasteiger partial charge in [-0.25, -0.2) is 0 Å². The number of carbonyl (C=O) groups is 2. The van der Waals surface area contributed by atoms with Crippen LogP contribution in [0.25, 0.3) is 0 Å². The standard InChI is InChI=1S/C18H18ClNO4S/c19-13-9-12(10-15-18(13)24-7-2-6-23-15)11-20-17(22)5-4-14(21)16-3-1-8-25-16/h1,3,8-10H,2,4-7,11H2,(H,20,22). The van der Waals surface area contributed by atoms with Crippen molar-refractivity contribution in [3.63, 3.8) is 0 Å². The summed E-state index contributed by atoms with van der Waals surface area (Å²) in [4.78, 5) is 24.6. The Balaban J connectivity index is 1.53. The van der Waals surface area contributed by atoms with Crippen molar-refractivity contribution in [3.05, 3.63) is 45.1 Å². The van der Waals surface area contributed by atoms with Gasteiger partial charge in [-0.1, -0.05) is 17.7 Å². The number of fused-ring (bicyclic) bond motifs is 1. The van der Waals surface area contributed by atoms with E-state index in [1.807, 2.05) is 17.5 Å². The molecule has 0 aliphatic carbocycles. The van der Waals surface area contributed by atoms with Crippen LogP contribution < -0.4 is 14.8 Å². The molecule has 0 bridgehead atoms. The van der Waals surface area contributed by atoms with E-state index in [2.05, 4.69) is 5.32 Å². The molecular formula is C18H18ClNO4S. The van der Waals surface area contributed by atoms with Crippen molar-refractivity contribution in [1.82, 2.24) is 5.32 Å². The third-order valence-corrected chi connectivity index (χ3v) is 4.92. The molecule has 25 heavy (non-hydrogen) atoms. The third-order valence-electron chi connectivity index (χ3n) is 3.73. The highest BCUT2D eigenvalue weighted by atomic mass is 35.5. The molecular weight excluding hydrogens is 362 g/mol. The van der Waals surface area contributed by atoms with Gasteiger partial charge in [0.2, 0.25) is 5.91 Å². The van der Waals surface area contributed by atoms with Crippen LogP contribution in [0.5, 0.6) is 11.5 Å². The number of carbonyl (C=O) groups excluding carboxylic acids is 2. The lowest BCUT2D eigenvalue weighted by atomic mass is 10.1. The van der Waals surface area contributed by atoms with Crippen molar-refractivity contribution in [3.8, 4) is 11.5 Å². The van der Waals surface area contributed by atoms with Crippen LogP contribution in [0, 0.1) is 0 Å². The molecule has 1 aromatic carbocycles. The summed E-state index contributed by atoms with van der Waals surface area (Å²) in [5.74, 6) is 0.967. The SMILES string of the molecule is O=C(CCC(=O)c1cccs1)NCc1cc(Cl)c2c(c1)OCCCO2. The molecule has 1 aliphatic heterocycles. The molecule has 0 radical (unpaired) electrons. The van der Waals surface area contributed by atoms with Crippen molar-refractivity contribution < 1.29 is 19.1 Å². The van der Waals surface area contributed by atoms with Crippen molar-refractivity contribution in [2.24, 2.45) is 0 Å². The first-order chi connectivity index (χ1) is 12.1. The van der Waals surface area contributed by atoms with Gasteiger partial charge in [-0.15, -0.1) is 11.3 Å². The molecule has 7 heteroatoms. The van der Waals surface area contributed by atoms with Gasteiger partial charge in [0.1, 0.15) is 0 Å². The molecule has 1 N–H and O–H groups in total. The Morgan fingerprint density at radius 1 is 1.20 bits per heavy atom. The molecule has 0 unspecified atom stereocenters. The average Bonchev–Trinajstić information content (AvgIpc) is 3.04. The minimum atomic E-state index is -0.173. The van der Waals surface area contributed by atoms with Gasteiger partial charge in [-0.2, -0.15) is 0 Å². The zero-order chi connectivity index (χ0) is 17.6. The van der Waals surface area contributed by atoms with Crippen molar-refractivity contribution in [2.75, 3.05) is 13.2 Å². The predicted octanol–water partition coefficient (Wildman–Crippen LogP) is 3.84. The normalized spacial score (nSPS) is 13.2. The lowest BCUT2D eigenvalue weighted by Crippen LogP contribution is -2.23. The van der Waals surface area contributed by atoms with Crippen LogP contribution in [-0.2, 0) is 11.3 Å². The number of benzene rings is 1. The summed E-state index contributed by atoms with van der Waals surface area (Å²) in [6.07, 6.45) is 1.17. The Labute approximate surface area is 154 Å². The van der Waals surface area contributed by atoms with Gasteiger partial charge in [-0.05, 0) is 29.1 Å². The van der Waals surface area contributed by atoms with Gasteiger partial charge in [0.25, 0.3) is 0 Å². The Morgan fingerprint density at radius 2 is 2.04 bits per heavy atom. The summed E-state index contributed by atoms with van der Waals surface area (Å²) >= 11 is 7.62. The van der Waals surface area contributed by atoms with Gasteiger partial charge in [0.15, 0.2) is 17.3 Å². The number of hydrogen-bond acceptors (Lipinski definition) is 5. The first-order valence-electron chi connectivity index (χ1n) is 8.05. The number of hydrogen-bond donors (Lipinski definition) is 1. The van der Waals surface area contributed by atoms with E-state index in [0.717, 1.165) is 12.0 Å². The number of nitrogens with one attached hydrogen (secondary N) is 1. The highest BCUT2D eigenvalue weighted by Gasteiger charge is 2.16. The molecule has 0 fully saturated rings. The molecule has 1 aliphatic rings. The first-order valence-corrected chi connectivity index (χ1v) is 9.30. The molecule has 0 spiro atoms. The van der Waals surface area contributed by atoms with E-state index >= 15 is 0 Å². The van der Waals surface area contributed by atoms with Crippen molar-refractivity contribution in [1.29, 1.82) is 0 Å². The van der Waals surface area contributed by atoms with Gasteiger partial charge in [0.05, 0.1) is 23.1 Å². The molecule has 1 amide bonds. The topological polar surface area (TPSA) is 64.6 Å². The van der Waals surface area contributed by atoms with E-state index in [1.165, 1.54) is 11.3 Å². The first kappa shape index (κ1) is 17.8. The molecule has 2 aromatic rings. The Morgan fingerprint density at radius 3 is 2.84 bits per heavy atom. The smallest absolute Gasteiger partial charge is 0.220 e. The lowest BCUT2D eigenvalue weighted by molar-refractivity contribution is -0.121. The molecule has 0 saturated heterocycles. The summed E-state index contributed by atoms with van der Waals surface area (Å²) in [5.41, 5.74) is 0.826. The second-order valence-electron chi connectivity index (χ2n) is 5.63. The Bertz CT molecular complexity index is 761. The summed E-state index contributed by atoms with van der Waals surface area (Å²) in [6, 6.07) is 7.17.